The topological polar surface area (TPSA) is 71.9 Å². The van der Waals surface area contributed by atoms with Gasteiger partial charge in [-0.05, 0) is 31.7 Å². The third-order valence-corrected chi connectivity index (χ3v) is 5.27. The first kappa shape index (κ1) is 19.9. The lowest BCUT2D eigenvalue weighted by Gasteiger charge is -2.46. The summed E-state index contributed by atoms with van der Waals surface area (Å²) in [6, 6.07) is 7.18. The zero-order valence-electron chi connectivity index (χ0n) is 14.8. The second-order valence-electron chi connectivity index (χ2n) is 6.93. The zero-order valence-corrected chi connectivity index (χ0v) is 14.8. The predicted octanol–water partition coefficient (Wildman–Crippen LogP) is 2.88. The van der Waals surface area contributed by atoms with E-state index < -0.39 is 12.1 Å². The van der Waals surface area contributed by atoms with E-state index in [0.29, 0.717) is 6.04 Å². The Bertz CT molecular complexity index is 625. The molecule has 0 spiro atoms. The van der Waals surface area contributed by atoms with E-state index in [0.717, 1.165) is 31.5 Å². The highest BCUT2D eigenvalue weighted by Gasteiger charge is 2.46. The zero-order chi connectivity index (χ0) is 19.4. The van der Waals surface area contributed by atoms with Crippen molar-refractivity contribution >= 4 is 5.97 Å². The number of nitrogens with zero attached hydrogens (tertiary/aromatic N) is 2. The fourth-order valence-electron chi connectivity index (χ4n) is 3.81. The van der Waals surface area contributed by atoms with E-state index in [1.165, 1.54) is 25.7 Å². The SMILES string of the molecule is O=C(O)C(F)(F)F.c1ccc(O[C@H]2CC[C@H]3[C@H]2OCCN3C2CCC2)nc1. The van der Waals surface area contributed by atoms with Crippen molar-refractivity contribution in [3.63, 3.8) is 0 Å². The fraction of sp³-hybridized carbons (Fsp3) is 0.667. The van der Waals surface area contributed by atoms with Crippen LogP contribution in [0.4, 0.5) is 13.2 Å². The largest absolute Gasteiger partial charge is 0.490 e. The standard InChI is InChI=1S/C16H22N2O2.C2HF3O2/c1-2-9-17-15(6-1)20-14-8-7-13-16(14)19-11-10-18(13)12-4-3-5-12;3-2(4,5)1(6)7/h1-2,6,9,12-14,16H,3-5,7-8,10-11H2;(H,6,7)/t13-,14-,16+;/m0./s1. The first-order valence-electron chi connectivity index (χ1n) is 9.11. The summed E-state index contributed by atoms with van der Waals surface area (Å²) in [4.78, 5) is 15.9. The van der Waals surface area contributed by atoms with Gasteiger partial charge in [-0.1, -0.05) is 12.5 Å². The molecular formula is C18H23F3N2O4. The Balaban J connectivity index is 0.000000260. The van der Waals surface area contributed by atoms with Crippen LogP contribution in [0, 0.1) is 0 Å². The lowest BCUT2D eigenvalue weighted by Crippen LogP contribution is -2.57. The summed E-state index contributed by atoms with van der Waals surface area (Å²) in [6.07, 6.45) is 3.50. The van der Waals surface area contributed by atoms with Crippen molar-refractivity contribution in [3.8, 4) is 5.88 Å². The number of aliphatic carboxylic acids is 1. The summed E-state index contributed by atoms with van der Waals surface area (Å²) in [5.41, 5.74) is 0. The van der Waals surface area contributed by atoms with Gasteiger partial charge >= 0.3 is 12.1 Å². The summed E-state index contributed by atoms with van der Waals surface area (Å²) in [7, 11) is 0. The maximum Gasteiger partial charge on any atom is 0.490 e. The van der Waals surface area contributed by atoms with Gasteiger partial charge in [0.05, 0.1) is 6.61 Å². The number of rotatable bonds is 3. The summed E-state index contributed by atoms with van der Waals surface area (Å²) in [5, 5.41) is 7.12. The second kappa shape index (κ2) is 8.43. The van der Waals surface area contributed by atoms with Crippen molar-refractivity contribution < 1.29 is 32.5 Å². The van der Waals surface area contributed by atoms with Crippen LogP contribution < -0.4 is 4.74 Å². The average molecular weight is 388 g/mol. The third-order valence-electron chi connectivity index (χ3n) is 5.27. The molecule has 1 N–H and O–H groups in total. The number of alkyl halides is 3. The van der Waals surface area contributed by atoms with Crippen molar-refractivity contribution in [1.82, 2.24) is 9.88 Å². The minimum Gasteiger partial charge on any atom is -0.475 e. The van der Waals surface area contributed by atoms with Crippen LogP contribution in [0.3, 0.4) is 0 Å². The van der Waals surface area contributed by atoms with E-state index in [9.17, 15) is 13.2 Å². The van der Waals surface area contributed by atoms with Gasteiger partial charge in [-0.2, -0.15) is 13.2 Å². The highest BCUT2D eigenvalue weighted by atomic mass is 19.4. The molecule has 2 heterocycles. The Labute approximate surface area is 155 Å². The van der Waals surface area contributed by atoms with Gasteiger partial charge < -0.3 is 14.6 Å². The Morgan fingerprint density at radius 3 is 2.56 bits per heavy atom. The molecule has 9 heteroatoms. The molecule has 6 nitrogen and oxygen atoms in total. The lowest BCUT2D eigenvalue weighted by atomic mass is 9.89. The Hall–Kier alpha value is -1.87. The summed E-state index contributed by atoms with van der Waals surface area (Å²) >= 11 is 0. The highest BCUT2D eigenvalue weighted by molar-refractivity contribution is 5.73. The fourth-order valence-corrected chi connectivity index (χ4v) is 3.81. The molecule has 0 bridgehead atoms. The van der Waals surface area contributed by atoms with E-state index in [4.69, 9.17) is 19.4 Å². The van der Waals surface area contributed by atoms with E-state index in [2.05, 4.69) is 9.88 Å². The number of hydrogen-bond acceptors (Lipinski definition) is 5. The third kappa shape index (κ3) is 4.90. The molecule has 4 rings (SSSR count). The van der Waals surface area contributed by atoms with Gasteiger partial charge in [-0.3, -0.25) is 4.90 Å². The van der Waals surface area contributed by atoms with Crippen LogP contribution in [-0.4, -0.2) is 64.6 Å². The van der Waals surface area contributed by atoms with Crippen molar-refractivity contribution in [3.05, 3.63) is 24.4 Å². The van der Waals surface area contributed by atoms with Crippen molar-refractivity contribution in [2.45, 2.75) is 62.6 Å². The maximum absolute atomic E-state index is 10.6. The highest BCUT2D eigenvalue weighted by Crippen LogP contribution is 2.37. The molecule has 3 fully saturated rings. The number of morpholine rings is 1. The molecule has 0 radical (unpaired) electrons. The molecule has 0 aromatic carbocycles. The summed E-state index contributed by atoms with van der Waals surface area (Å²) in [5.74, 6) is -2.03. The van der Waals surface area contributed by atoms with Crippen LogP contribution >= 0.6 is 0 Å². The van der Waals surface area contributed by atoms with Gasteiger partial charge in [-0.25, -0.2) is 9.78 Å². The number of pyridine rings is 1. The van der Waals surface area contributed by atoms with Crippen molar-refractivity contribution in [1.29, 1.82) is 0 Å². The molecule has 1 aliphatic heterocycles. The molecule has 1 aromatic rings. The quantitative estimate of drug-likeness (QED) is 0.859. The van der Waals surface area contributed by atoms with Gasteiger partial charge in [0, 0.05) is 30.9 Å². The van der Waals surface area contributed by atoms with Crippen LogP contribution in [0.2, 0.25) is 0 Å². The minimum absolute atomic E-state index is 0.165. The Morgan fingerprint density at radius 1 is 1.26 bits per heavy atom. The summed E-state index contributed by atoms with van der Waals surface area (Å²) < 4.78 is 43.8. The van der Waals surface area contributed by atoms with E-state index in [-0.39, 0.29) is 12.2 Å². The first-order valence-corrected chi connectivity index (χ1v) is 9.11. The molecule has 0 amide bonds. The van der Waals surface area contributed by atoms with Crippen molar-refractivity contribution in [2.24, 2.45) is 0 Å². The number of carboxylic acid groups (broad SMARTS) is 1. The molecule has 1 saturated heterocycles. The molecular weight excluding hydrogens is 365 g/mol. The normalized spacial score (nSPS) is 28.5. The number of carbonyl (C=O) groups is 1. The van der Waals surface area contributed by atoms with Gasteiger partial charge in [0.1, 0.15) is 12.2 Å². The molecule has 1 aromatic heterocycles. The molecule has 3 aliphatic rings. The van der Waals surface area contributed by atoms with Crippen LogP contribution in [0.1, 0.15) is 32.1 Å². The molecule has 150 valence electrons. The van der Waals surface area contributed by atoms with Crippen molar-refractivity contribution in [2.75, 3.05) is 13.2 Å². The second-order valence-corrected chi connectivity index (χ2v) is 6.93. The number of ether oxygens (including phenoxy) is 2. The maximum atomic E-state index is 10.6. The van der Waals surface area contributed by atoms with Gasteiger partial charge in [-0.15, -0.1) is 0 Å². The smallest absolute Gasteiger partial charge is 0.475 e. The van der Waals surface area contributed by atoms with Crippen LogP contribution in [0.15, 0.2) is 24.4 Å². The predicted molar refractivity (Wildman–Crippen MR) is 89.5 cm³/mol. The molecule has 3 atom stereocenters. The van der Waals surface area contributed by atoms with Crippen LogP contribution in [0.5, 0.6) is 5.88 Å². The van der Waals surface area contributed by atoms with Gasteiger partial charge in [0.15, 0.2) is 0 Å². The Kier molecular flexibility index (Phi) is 6.21. The van der Waals surface area contributed by atoms with Crippen LogP contribution in [0.25, 0.3) is 0 Å². The Morgan fingerprint density at radius 2 is 2.00 bits per heavy atom. The number of fused-ring (bicyclic) bond motifs is 1. The first-order chi connectivity index (χ1) is 12.9. The number of hydrogen-bond donors (Lipinski definition) is 1. The monoisotopic (exact) mass is 388 g/mol. The number of aromatic nitrogens is 1. The molecule has 2 aliphatic carbocycles. The lowest BCUT2D eigenvalue weighted by molar-refractivity contribution is -0.192. The van der Waals surface area contributed by atoms with Crippen LogP contribution in [-0.2, 0) is 9.53 Å². The van der Waals surface area contributed by atoms with E-state index in [1.807, 2.05) is 18.2 Å². The molecule has 2 saturated carbocycles. The van der Waals surface area contributed by atoms with E-state index in [1.54, 1.807) is 6.20 Å². The van der Waals surface area contributed by atoms with Gasteiger partial charge in [0.25, 0.3) is 0 Å². The van der Waals surface area contributed by atoms with E-state index >= 15 is 0 Å². The molecule has 27 heavy (non-hydrogen) atoms. The molecule has 0 unspecified atom stereocenters. The van der Waals surface area contributed by atoms with Gasteiger partial charge in [0.2, 0.25) is 5.88 Å². The summed E-state index contributed by atoms with van der Waals surface area (Å²) in [6.45, 7) is 1.95. The number of carboxylic acids is 1. The number of halogens is 3. The average Bonchev–Trinajstić information content (AvgIpc) is 2.98. The minimum atomic E-state index is -5.08.